The SMILES string of the molecule is Cc1ncc(CN2CCC(CO)(Cc3ccccc3C#N)CC2)n1Cc1ccc(C#N)cc1. The summed E-state index contributed by atoms with van der Waals surface area (Å²) in [4.78, 5) is 6.97. The Morgan fingerprint density at radius 2 is 1.73 bits per heavy atom. The van der Waals surface area contributed by atoms with Gasteiger partial charge in [-0.15, -0.1) is 0 Å². The Morgan fingerprint density at radius 3 is 2.39 bits per heavy atom. The number of aliphatic hydroxyl groups is 1. The van der Waals surface area contributed by atoms with Crippen LogP contribution >= 0.6 is 0 Å². The van der Waals surface area contributed by atoms with Crippen LogP contribution in [0, 0.1) is 35.0 Å². The third kappa shape index (κ3) is 5.14. The van der Waals surface area contributed by atoms with Crippen LogP contribution in [0.1, 0.15) is 46.6 Å². The molecule has 0 spiro atoms. The first-order valence-electron chi connectivity index (χ1n) is 11.4. The number of rotatable bonds is 7. The smallest absolute Gasteiger partial charge is 0.106 e. The van der Waals surface area contributed by atoms with Gasteiger partial charge >= 0.3 is 0 Å². The van der Waals surface area contributed by atoms with Crippen molar-refractivity contribution in [2.75, 3.05) is 19.7 Å². The number of aliphatic hydroxyl groups excluding tert-OH is 1. The van der Waals surface area contributed by atoms with E-state index < -0.39 is 0 Å². The first-order chi connectivity index (χ1) is 16.1. The summed E-state index contributed by atoms with van der Waals surface area (Å²) in [6.45, 7) is 5.50. The van der Waals surface area contributed by atoms with Crippen LogP contribution in [0.25, 0.3) is 0 Å². The van der Waals surface area contributed by atoms with Gasteiger partial charge in [0.25, 0.3) is 0 Å². The van der Waals surface area contributed by atoms with E-state index in [1.165, 1.54) is 5.69 Å². The molecule has 0 atom stereocenters. The van der Waals surface area contributed by atoms with E-state index in [-0.39, 0.29) is 12.0 Å². The van der Waals surface area contributed by atoms with Crippen molar-refractivity contribution in [1.29, 1.82) is 10.5 Å². The van der Waals surface area contributed by atoms with E-state index in [4.69, 9.17) is 5.26 Å². The van der Waals surface area contributed by atoms with Gasteiger partial charge in [0.2, 0.25) is 0 Å². The summed E-state index contributed by atoms with van der Waals surface area (Å²) in [5, 5.41) is 28.7. The Hall–Kier alpha value is -3.45. The number of nitriles is 2. The van der Waals surface area contributed by atoms with Crippen molar-refractivity contribution < 1.29 is 5.11 Å². The van der Waals surface area contributed by atoms with E-state index in [1.54, 1.807) is 0 Å². The van der Waals surface area contributed by atoms with Gasteiger partial charge in [-0.3, -0.25) is 4.90 Å². The van der Waals surface area contributed by atoms with Crippen LogP contribution in [0.2, 0.25) is 0 Å². The van der Waals surface area contributed by atoms with Crippen LogP contribution in [-0.2, 0) is 19.5 Å². The van der Waals surface area contributed by atoms with E-state index in [0.717, 1.165) is 62.4 Å². The van der Waals surface area contributed by atoms with Crippen molar-refractivity contribution in [3.8, 4) is 12.1 Å². The summed E-state index contributed by atoms with van der Waals surface area (Å²) in [6.07, 6.45) is 4.48. The summed E-state index contributed by atoms with van der Waals surface area (Å²) < 4.78 is 2.23. The lowest BCUT2D eigenvalue weighted by Crippen LogP contribution is -2.43. The minimum atomic E-state index is -0.178. The molecule has 0 amide bonds. The lowest BCUT2D eigenvalue weighted by atomic mass is 9.74. The predicted octanol–water partition coefficient (Wildman–Crippen LogP) is 3.80. The lowest BCUT2D eigenvalue weighted by molar-refractivity contribution is 0.0405. The van der Waals surface area contributed by atoms with Gasteiger partial charge in [-0.25, -0.2) is 4.98 Å². The fourth-order valence-corrected chi connectivity index (χ4v) is 4.72. The number of aryl methyl sites for hydroxylation is 1. The molecule has 2 heterocycles. The van der Waals surface area contributed by atoms with Gasteiger partial charge in [-0.2, -0.15) is 10.5 Å². The highest BCUT2D eigenvalue weighted by atomic mass is 16.3. The number of nitrogens with zero attached hydrogens (tertiary/aromatic N) is 5. The highest BCUT2D eigenvalue weighted by Gasteiger charge is 2.35. The highest BCUT2D eigenvalue weighted by molar-refractivity contribution is 5.38. The van der Waals surface area contributed by atoms with Crippen LogP contribution in [0.4, 0.5) is 0 Å². The fourth-order valence-electron chi connectivity index (χ4n) is 4.72. The molecule has 0 aliphatic carbocycles. The van der Waals surface area contributed by atoms with Gasteiger partial charge in [0.1, 0.15) is 5.82 Å². The molecular weight excluding hydrogens is 410 g/mol. The van der Waals surface area contributed by atoms with Gasteiger partial charge < -0.3 is 9.67 Å². The molecule has 1 fully saturated rings. The van der Waals surface area contributed by atoms with Gasteiger partial charge in [-0.05, 0) is 74.0 Å². The molecule has 0 unspecified atom stereocenters. The van der Waals surface area contributed by atoms with Crippen molar-refractivity contribution in [3.63, 3.8) is 0 Å². The number of imidazole rings is 1. The second-order valence-corrected chi connectivity index (χ2v) is 9.07. The molecule has 4 rings (SSSR count). The van der Waals surface area contributed by atoms with Crippen molar-refractivity contribution in [2.24, 2.45) is 5.41 Å². The molecule has 3 aromatic rings. The second kappa shape index (κ2) is 10.0. The monoisotopic (exact) mass is 439 g/mol. The Kier molecular flexibility index (Phi) is 6.89. The largest absolute Gasteiger partial charge is 0.396 e. The van der Waals surface area contributed by atoms with Crippen molar-refractivity contribution in [1.82, 2.24) is 14.5 Å². The van der Waals surface area contributed by atoms with Crippen LogP contribution in [0.3, 0.4) is 0 Å². The second-order valence-electron chi connectivity index (χ2n) is 9.07. The van der Waals surface area contributed by atoms with E-state index >= 15 is 0 Å². The highest BCUT2D eigenvalue weighted by Crippen LogP contribution is 2.36. The normalized spacial score (nSPS) is 15.6. The molecule has 1 aliphatic rings. The van der Waals surface area contributed by atoms with Gasteiger partial charge in [0.05, 0.1) is 29.0 Å². The maximum Gasteiger partial charge on any atom is 0.106 e. The van der Waals surface area contributed by atoms with Gasteiger partial charge in [-0.1, -0.05) is 30.3 Å². The zero-order valence-electron chi connectivity index (χ0n) is 19.0. The van der Waals surface area contributed by atoms with Crippen LogP contribution in [0.5, 0.6) is 0 Å². The van der Waals surface area contributed by atoms with Crippen molar-refractivity contribution in [3.05, 3.63) is 88.5 Å². The predicted molar refractivity (Wildman–Crippen MR) is 126 cm³/mol. The Balaban J connectivity index is 1.42. The molecule has 1 aliphatic heterocycles. The molecule has 168 valence electrons. The molecule has 1 saturated heterocycles. The van der Waals surface area contributed by atoms with E-state index in [1.807, 2.05) is 61.7 Å². The van der Waals surface area contributed by atoms with E-state index in [9.17, 15) is 10.4 Å². The summed E-state index contributed by atoms with van der Waals surface area (Å²) in [5.74, 6) is 0.976. The molecule has 33 heavy (non-hydrogen) atoms. The molecule has 6 nitrogen and oxygen atoms in total. The summed E-state index contributed by atoms with van der Waals surface area (Å²) in [5.41, 5.74) is 4.53. The average Bonchev–Trinajstić information content (AvgIpc) is 3.20. The molecule has 1 aromatic heterocycles. The number of likely N-dealkylation sites (tertiary alicyclic amines) is 1. The summed E-state index contributed by atoms with van der Waals surface area (Å²) in [7, 11) is 0. The maximum absolute atomic E-state index is 10.3. The third-order valence-electron chi connectivity index (χ3n) is 6.90. The number of aromatic nitrogens is 2. The number of hydrogen-bond acceptors (Lipinski definition) is 5. The van der Waals surface area contributed by atoms with E-state index in [0.29, 0.717) is 11.1 Å². The minimum absolute atomic E-state index is 0.135. The molecule has 0 saturated carbocycles. The first-order valence-corrected chi connectivity index (χ1v) is 11.4. The fraction of sp³-hybridized carbons (Fsp3) is 0.370. The number of piperidine rings is 1. The number of benzene rings is 2. The molecular formula is C27H29N5O. The summed E-state index contributed by atoms with van der Waals surface area (Å²) in [6, 6.07) is 19.9. The van der Waals surface area contributed by atoms with Crippen LogP contribution in [0.15, 0.2) is 54.7 Å². The summed E-state index contributed by atoms with van der Waals surface area (Å²) >= 11 is 0. The van der Waals surface area contributed by atoms with Gasteiger partial charge in [0, 0.05) is 25.9 Å². The van der Waals surface area contributed by atoms with Crippen LogP contribution < -0.4 is 0 Å². The zero-order valence-corrected chi connectivity index (χ0v) is 19.0. The number of hydrogen-bond donors (Lipinski definition) is 1. The molecule has 0 bridgehead atoms. The molecule has 0 radical (unpaired) electrons. The first kappa shape index (κ1) is 22.7. The quantitative estimate of drug-likeness (QED) is 0.605. The van der Waals surface area contributed by atoms with E-state index in [2.05, 4.69) is 26.6 Å². The average molecular weight is 440 g/mol. The van der Waals surface area contributed by atoms with Crippen LogP contribution in [-0.4, -0.2) is 39.3 Å². The Bertz CT molecular complexity index is 1170. The Morgan fingerprint density at radius 1 is 1.00 bits per heavy atom. The Labute approximate surface area is 195 Å². The third-order valence-corrected chi connectivity index (χ3v) is 6.90. The lowest BCUT2D eigenvalue weighted by Gasteiger charge is -2.41. The molecule has 2 aromatic carbocycles. The molecule has 6 heteroatoms. The standard InChI is InChI=1S/C27H29N5O/c1-21-30-17-26(32(21)18-23-8-6-22(15-28)7-9-23)19-31-12-10-27(20-33,11-13-31)14-24-4-2-3-5-25(24)16-29/h2-9,17,33H,10-14,18-20H2,1H3. The zero-order chi connectivity index (χ0) is 23.3. The van der Waals surface area contributed by atoms with Crippen molar-refractivity contribution >= 4 is 0 Å². The van der Waals surface area contributed by atoms with Gasteiger partial charge in [0.15, 0.2) is 0 Å². The van der Waals surface area contributed by atoms with Crippen molar-refractivity contribution in [2.45, 2.75) is 39.3 Å². The minimum Gasteiger partial charge on any atom is -0.396 e. The topological polar surface area (TPSA) is 88.9 Å². The maximum atomic E-state index is 10.3. The molecule has 1 N–H and O–H groups in total.